The molecular weight excluding hydrogens is 326 g/mol. The summed E-state index contributed by atoms with van der Waals surface area (Å²) in [6.45, 7) is 5.49. The molecule has 0 spiro atoms. The molecule has 2 aromatic rings. The number of aryl methyl sites for hydroxylation is 1. The maximum absolute atomic E-state index is 12.8. The molecule has 0 saturated carbocycles. The van der Waals surface area contributed by atoms with Gasteiger partial charge in [-0.15, -0.1) is 0 Å². The van der Waals surface area contributed by atoms with E-state index in [2.05, 4.69) is 35.0 Å². The minimum absolute atomic E-state index is 0.0968. The number of nitrogens with zero attached hydrogens (tertiary/aromatic N) is 1. The van der Waals surface area contributed by atoms with Crippen molar-refractivity contribution in [1.29, 1.82) is 0 Å². The van der Waals surface area contributed by atoms with Crippen LogP contribution in [0.15, 0.2) is 53.0 Å². The summed E-state index contributed by atoms with van der Waals surface area (Å²) in [5.41, 5.74) is 2.94. The van der Waals surface area contributed by atoms with E-state index in [-0.39, 0.29) is 5.91 Å². The molecule has 2 rings (SSSR count). The number of benzene rings is 2. The van der Waals surface area contributed by atoms with Gasteiger partial charge in [-0.2, -0.15) is 0 Å². The van der Waals surface area contributed by atoms with Gasteiger partial charge in [0.25, 0.3) is 5.91 Å². The Labute approximate surface area is 134 Å². The molecule has 0 aromatic heterocycles. The summed E-state index contributed by atoms with van der Waals surface area (Å²) < 4.78 is 0.938. The van der Waals surface area contributed by atoms with Crippen molar-refractivity contribution in [3.8, 4) is 0 Å². The van der Waals surface area contributed by atoms with Gasteiger partial charge < -0.3 is 4.90 Å². The van der Waals surface area contributed by atoms with E-state index >= 15 is 0 Å². The topological polar surface area (TPSA) is 20.3 Å². The lowest BCUT2D eigenvalue weighted by molar-refractivity contribution is 0.0742. The van der Waals surface area contributed by atoms with Gasteiger partial charge in [0.1, 0.15) is 0 Å². The maximum atomic E-state index is 12.8. The Kier molecular flexibility index (Phi) is 5.57. The van der Waals surface area contributed by atoms with Gasteiger partial charge in [0.05, 0.1) is 0 Å². The van der Waals surface area contributed by atoms with E-state index in [1.165, 1.54) is 0 Å². The largest absolute Gasteiger partial charge is 0.334 e. The maximum Gasteiger partial charge on any atom is 0.254 e. The van der Waals surface area contributed by atoms with Crippen LogP contribution in [0.1, 0.15) is 34.8 Å². The monoisotopic (exact) mass is 345 g/mol. The molecule has 110 valence electrons. The normalized spacial score (nSPS) is 10.4. The third kappa shape index (κ3) is 4.18. The predicted molar refractivity (Wildman–Crippen MR) is 90.4 cm³/mol. The lowest BCUT2D eigenvalue weighted by atomic mass is 10.1. The number of hydrogen-bond acceptors (Lipinski definition) is 1. The molecule has 0 fully saturated rings. The molecule has 2 aromatic carbocycles. The molecule has 0 N–H and O–H groups in total. The highest BCUT2D eigenvalue weighted by atomic mass is 79.9. The Morgan fingerprint density at radius 1 is 1.14 bits per heavy atom. The highest BCUT2D eigenvalue weighted by Gasteiger charge is 2.17. The second kappa shape index (κ2) is 7.41. The van der Waals surface area contributed by atoms with E-state index in [0.717, 1.165) is 34.1 Å². The average molecular weight is 346 g/mol. The smallest absolute Gasteiger partial charge is 0.254 e. The molecule has 3 heteroatoms. The molecule has 0 bridgehead atoms. The zero-order valence-electron chi connectivity index (χ0n) is 12.5. The number of rotatable bonds is 5. The first kappa shape index (κ1) is 15.8. The van der Waals surface area contributed by atoms with Gasteiger partial charge in [-0.3, -0.25) is 4.79 Å². The Morgan fingerprint density at radius 2 is 1.86 bits per heavy atom. The van der Waals surface area contributed by atoms with Crippen LogP contribution in [0, 0.1) is 6.92 Å². The quantitative estimate of drug-likeness (QED) is 0.761. The molecule has 21 heavy (non-hydrogen) atoms. The summed E-state index contributed by atoms with van der Waals surface area (Å²) >= 11 is 3.45. The summed E-state index contributed by atoms with van der Waals surface area (Å²) in [6.07, 6.45) is 0.950. The van der Waals surface area contributed by atoms with E-state index in [1.54, 1.807) is 0 Å². The second-order valence-electron chi connectivity index (χ2n) is 5.17. The summed E-state index contributed by atoms with van der Waals surface area (Å²) in [6, 6.07) is 16.0. The molecule has 0 aliphatic heterocycles. The van der Waals surface area contributed by atoms with Gasteiger partial charge in [0, 0.05) is 23.1 Å². The van der Waals surface area contributed by atoms with E-state index in [4.69, 9.17) is 0 Å². The third-order valence-electron chi connectivity index (χ3n) is 3.43. The Morgan fingerprint density at radius 3 is 2.52 bits per heavy atom. The second-order valence-corrected chi connectivity index (χ2v) is 6.09. The Hall–Kier alpha value is -1.61. The third-order valence-corrected chi connectivity index (χ3v) is 3.92. The van der Waals surface area contributed by atoms with Gasteiger partial charge in [0.15, 0.2) is 0 Å². The van der Waals surface area contributed by atoms with Crippen molar-refractivity contribution in [3.05, 3.63) is 69.7 Å². The van der Waals surface area contributed by atoms with Crippen molar-refractivity contribution in [2.75, 3.05) is 6.54 Å². The highest BCUT2D eigenvalue weighted by molar-refractivity contribution is 9.10. The molecule has 0 unspecified atom stereocenters. The first-order valence-corrected chi connectivity index (χ1v) is 8.00. The van der Waals surface area contributed by atoms with Crippen molar-refractivity contribution < 1.29 is 4.79 Å². The molecule has 0 radical (unpaired) electrons. The van der Waals surface area contributed by atoms with Crippen LogP contribution >= 0.6 is 15.9 Å². The molecule has 0 aliphatic carbocycles. The first-order chi connectivity index (χ1) is 10.1. The minimum atomic E-state index is 0.0968. The highest BCUT2D eigenvalue weighted by Crippen LogP contribution is 2.19. The Balaban J connectivity index is 2.25. The number of halogens is 1. The Bertz CT molecular complexity index is 610. The van der Waals surface area contributed by atoms with Gasteiger partial charge in [0.2, 0.25) is 0 Å². The molecule has 0 aliphatic rings. The molecule has 0 saturated heterocycles. The van der Waals surface area contributed by atoms with Crippen molar-refractivity contribution >= 4 is 21.8 Å². The van der Waals surface area contributed by atoms with Gasteiger partial charge >= 0.3 is 0 Å². The van der Waals surface area contributed by atoms with Crippen LogP contribution in [-0.2, 0) is 6.54 Å². The molecule has 0 heterocycles. The van der Waals surface area contributed by atoms with E-state index in [9.17, 15) is 4.79 Å². The number of amides is 1. The summed E-state index contributed by atoms with van der Waals surface area (Å²) in [5.74, 6) is 0.0968. The van der Waals surface area contributed by atoms with Crippen LogP contribution in [0.2, 0.25) is 0 Å². The van der Waals surface area contributed by atoms with Crippen LogP contribution in [0.3, 0.4) is 0 Å². The number of hydrogen-bond donors (Lipinski definition) is 0. The standard InChI is InChI=1S/C18H20BrNO/c1-3-11-20(13-15-7-5-4-6-8-15)18(21)17-12-16(19)10-9-14(17)2/h4-10,12H,3,11,13H2,1-2H3. The molecular formula is C18H20BrNO. The van der Waals surface area contributed by atoms with E-state index < -0.39 is 0 Å². The summed E-state index contributed by atoms with van der Waals surface area (Å²) in [5, 5.41) is 0. The van der Waals surface area contributed by atoms with Gasteiger partial charge in [-0.25, -0.2) is 0 Å². The van der Waals surface area contributed by atoms with E-state index in [1.807, 2.05) is 48.2 Å². The predicted octanol–water partition coefficient (Wildman–Crippen LogP) is 4.81. The van der Waals surface area contributed by atoms with Crippen LogP contribution in [0.25, 0.3) is 0 Å². The van der Waals surface area contributed by atoms with Gasteiger partial charge in [-0.1, -0.05) is 59.3 Å². The van der Waals surface area contributed by atoms with Crippen molar-refractivity contribution in [3.63, 3.8) is 0 Å². The molecule has 2 nitrogen and oxygen atoms in total. The fourth-order valence-corrected chi connectivity index (χ4v) is 2.68. The van der Waals surface area contributed by atoms with Crippen LogP contribution in [0.4, 0.5) is 0 Å². The lowest BCUT2D eigenvalue weighted by Gasteiger charge is -2.23. The zero-order valence-corrected chi connectivity index (χ0v) is 14.1. The minimum Gasteiger partial charge on any atom is -0.334 e. The average Bonchev–Trinajstić information content (AvgIpc) is 2.49. The van der Waals surface area contributed by atoms with Crippen molar-refractivity contribution in [1.82, 2.24) is 4.90 Å². The van der Waals surface area contributed by atoms with Crippen LogP contribution in [0.5, 0.6) is 0 Å². The zero-order chi connectivity index (χ0) is 15.2. The first-order valence-electron chi connectivity index (χ1n) is 7.21. The SMILES string of the molecule is CCCN(Cc1ccccc1)C(=O)c1cc(Br)ccc1C. The lowest BCUT2D eigenvalue weighted by Crippen LogP contribution is -2.31. The molecule has 0 atom stereocenters. The summed E-state index contributed by atoms with van der Waals surface area (Å²) in [4.78, 5) is 14.7. The van der Waals surface area contributed by atoms with Gasteiger partial charge in [-0.05, 0) is 36.6 Å². The molecule has 1 amide bonds. The van der Waals surface area contributed by atoms with E-state index in [0.29, 0.717) is 6.54 Å². The fourth-order valence-electron chi connectivity index (χ4n) is 2.32. The van der Waals surface area contributed by atoms with Crippen LogP contribution in [-0.4, -0.2) is 17.4 Å². The fraction of sp³-hybridized carbons (Fsp3) is 0.278. The van der Waals surface area contributed by atoms with Crippen molar-refractivity contribution in [2.24, 2.45) is 0 Å². The number of carbonyl (C=O) groups is 1. The van der Waals surface area contributed by atoms with Crippen molar-refractivity contribution in [2.45, 2.75) is 26.8 Å². The van der Waals surface area contributed by atoms with Crippen LogP contribution < -0.4 is 0 Å². The summed E-state index contributed by atoms with van der Waals surface area (Å²) in [7, 11) is 0. The number of carbonyl (C=O) groups excluding carboxylic acids is 1.